The molecular formula is C5H6Cl2N2. The number of nitrogen functional groups attached to an aromatic ring is 1. The lowest BCUT2D eigenvalue weighted by Gasteiger charge is -1.88. The predicted octanol–water partition coefficient (Wildman–Crippen LogP) is 1.74. The van der Waals surface area contributed by atoms with Crippen LogP contribution in [0.3, 0.4) is 0 Å². The standard InChI is InChI=1S/C5H5ClN2.ClH/c6-4-1-2-8-5(7)3-4;/h1-3H,(H2,7,8);1H. The van der Waals surface area contributed by atoms with Gasteiger partial charge in [0.15, 0.2) is 0 Å². The van der Waals surface area contributed by atoms with Crippen LogP contribution in [-0.4, -0.2) is 4.98 Å². The van der Waals surface area contributed by atoms with Gasteiger partial charge < -0.3 is 5.73 Å². The lowest BCUT2D eigenvalue weighted by Crippen LogP contribution is -1.86. The number of rotatable bonds is 0. The van der Waals surface area contributed by atoms with Crippen LogP contribution in [0.5, 0.6) is 0 Å². The highest BCUT2D eigenvalue weighted by Crippen LogP contribution is 2.07. The molecule has 0 saturated carbocycles. The lowest BCUT2D eigenvalue weighted by atomic mass is 10.5. The Morgan fingerprint density at radius 1 is 1.56 bits per heavy atom. The molecule has 0 fully saturated rings. The molecule has 0 aliphatic heterocycles. The number of hydrogen-bond donors (Lipinski definition) is 1. The zero-order valence-electron chi connectivity index (χ0n) is 4.54. The summed E-state index contributed by atoms with van der Waals surface area (Å²) < 4.78 is 0. The molecule has 2 N–H and O–H groups in total. The van der Waals surface area contributed by atoms with E-state index >= 15 is 0 Å². The van der Waals surface area contributed by atoms with E-state index in [1.54, 1.807) is 18.3 Å². The molecule has 2 nitrogen and oxygen atoms in total. The van der Waals surface area contributed by atoms with E-state index in [0.29, 0.717) is 10.8 Å². The summed E-state index contributed by atoms with van der Waals surface area (Å²) in [4.78, 5) is 3.73. The SMILES string of the molecule is Cl.Nc1cc(Cl)ccn1. The summed E-state index contributed by atoms with van der Waals surface area (Å²) in [6, 6.07) is 3.28. The van der Waals surface area contributed by atoms with Crippen LogP contribution < -0.4 is 5.73 Å². The largest absolute Gasteiger partial charge is 0.384 e. The van der Waals surface area contributed by atoms with Crippen molar-refractivity contribution < 1.29 is 0 Å². The second-order valence-corrected chi connectivity index (χ2v) is 1.84. The fourth-order valence-electron chi connectivity index (χ4n) is 0.421. The fraction of sp³-hybridized carbons (Fsp3) is 0. The van der Waals surface area contributed by atoms with Crippen LogP contribution in [0.2, 0.25) is 5.02 Å². The van der Waals surface area contributed by atoms with Crippen molar-refractivity contribution in [2.75, 3.05) is 5.73 Å². The Kier molecular flexibility index (Phi) is 3.35. The molecule has 0 saturated heterocycles. The Hall–Kier alpha value is -0.470. The third-order valence-corrected chi connectivity index (χ3v) is 0.978. The molecule has 1 aromatic rings. The quantitative estimate of drug-likeness (QED) is 0.635. The summed E-state index contributed by atoms with van der Waals surface area (Å²) in [7, 11) is 0. The van der Waals surface area contributed by atoms with E-state index in [9.17, 15) is 0 Å². The molecule has 0 aliphatic carbocycles. The highest BCUT2D eigenvalue weighted by molar-refractivity contribution is 6.30. The Bertz CT molecular complexity index is 173. The van der Waals surface area contributed by atoms with E-state index in [4.69, 9.17) is 17.3 Å². The van der Waals surface area contributed by atoms with E-state index in [1.807, 2.05) is 0 Å². The normalized spacial score (nSPS) is 8.11. The van der Waals surface area contributed by atoms with Gasteiger partial charge in [0.05, 0.1) is 0 Å². The van der Waals surface area contributed by atoms with Crippen molar-refractivity contribution in [2.24, 2.45) is 0 Å². The molecule has 9 heavy (non-hydrogen) atoms. The van der Waals surface area contributed by atoms with Gasteiger partial charge in [0, 0.05) is 11.2 Å². The van der Waals surface area contributed by atoms with Gasteiger partial charge in [-0.2, -0.15) is 0 Å². The van der Waals surface area contributed by atoms with Crippen LogP contribution in [0.25, 0.3) is 0 Å². The zero-order valence-corrected chi connectivity index (χ0v) is 6.12. The van der Waals surface area contributed by atoms with Crippen molar-refractivity contribution in [3.63, 3.8) is 0 Å². The molecule has 4 heteroatoms. The topological polar surface area (TPSA) is 38.9 Å². The molecule has 0 atom stereocenters. The van der Waals surface area contributed by atoms with Gasteiger partial charge in [-0.15, -0.1) is 12.4 Å². The number of pyridine rings is 1. The van der Waals surface area contributed by atoms with Crippen molar-refractivity contribution in [3.8, 4) is 0 Å². The Balaban J connectivity index is 0.000000640. The number of aromatic nitrogens is 1. The number of nitrogens with zero attached hydrogens (tertiary/aromatic N) is 1. The van der Waals surface area contributed by atoms with Crippen LogP contribution >= 0.6 is 24.0 Å². The molecule has 0 amide bonds. The maximum absolute atomic E-state index is 5.52. The van der Waals surface area contributed by atoms with E-state index in [1.165, 1.54) is 0 Å². The van der Waals surface area contributed by atoms with E-state index in [0.717, 1.165) is 0 Å². The van der Waals surface area contributed by atoms with Crippen molar-refractivity contribution >= 4 is 29.8 Å². The third-order valence-electron chi connectivity index (χ3n) is 0.743. The first kappa shape index (κ1) is 8.53. The molecule has 1 heterocycles. The maximum atomic E-state index is 5.52. The number of hydrogen-bond acceptors (Lipinski definition) is 2. The Labute approximate surface area is 64.4 Å². The van der Waals surface area contributed by atoms with Gasteiger partial charge in [-0.1, -0.05) is 11.6 Å². The number of halogens is 2. The molecule has 0 aliphatic rings. The molecule has 50 valence electrons. The van der Waals surface area contributed by atoms with Crippen molar-refractivity contribution in [1.29, 1.82) is 0 Å². The van der Waals surface area contributed by atoms with Gasteiger partial charge in [-0.05, 0) is 12.1 Å². The van der Waals surface area contributed by atoms with Crippen LogP contribution in [0.15, 0.2) is 18.3 Å². The summed E-state index contributed by atoms with van der Waals surface area (Å²) in [6.07, 6.45) is 1.57. The van der Waals surface area contributed by atoms with Crippen LogP contribution in [0, 0.1) is 0 Å². The van der Waals surface area contributed by atoms with Gasteiger partial charge in [0.2, 0.25) is 0 Å². The van der Waals surface area contributed by atoms with Crippen LogP contribution in [-0.2, 0) is 0 Å². The first-order valence-corrected chi connectivity index (χ1v) is 2.54. The maximum Gasteiger partial charge on any atom is 0.124 e. The molecule has 0 unspecified atom stereocenters. The first-order valence-electron chi connectivity index (χ1n) is 2.16. The molecule has 1 rings (SSSR count). The minimum Gasteiger partial charge on any atom is -0.384 e. The van der Waals surface area contributed by atoms with Gasteiger partial charge in [-0.25, -0.2) is 4.98 Å². The minimum atomic E-state index is 0. The molecule has 0 aromatic carbocycles. The average Bonchev–Trinajstić information content (AvgIpc) is 1.64. The lowest BCUT2D eigenvalue weighted by molar-refractivity contribution is 1.34. The predicted molar refractivity (Wildman–Crippen MR) is 40.9 cm³/mol. The second kappa shape index (κ2) is 3.54. The van der Waals surface area contributed by atoms with Gasteiger partial charge >= 0.3 is 0 Å². The second-order valence-electron chi connectivity index (χ2n) is 1.40. The number of anilines is 1. The summed E-state index contributed by atoms with van der Waals surface area (Å²) in [5.74, 6) is 0.456. The Morgan fingerprint density at radius 2 is 2.22 bits per heavy atom. The third kappa shape index (κ3) is 2.54. The van der Waals surface area contributed by atoms with Crippen molar-refractivity contribution in [1.82, 2.24) is 4.98 Å². The zero-order chi connectivity index (χ0) is 5.98. The minimum absolute atomic E-state index is 0. The summed E-state index contributed by atoms with van der Waals surface area (Å²) in [5.41, 5.74) is 5.26. The summed E-state index contributed by atoms with van der Waals surface area (Å²) in [6.45, 7) is 0. The van der Waals surface area contributed by atoms with Gasteiger partial charge in [0.1, 0.15) is 5.82 Å². The smallest absolute Gasteiger partial charge is 0.124 e. The van der Waals surface area contributed by atoms with Crippen LogP contribution in [0.4, 0.5) is 5.82 Å². The number of nitrogens with two attached hydrogens (primary N) is 1. The van der Waals surface area contributed by atoms with E-state index in [2.05, 4.69) is 4.98 Å². The van der Waals surface area contributed by atoms with E-state index in [-0.39, 0.29) is 12.4 Å². The summed E-state index contributed by atoms with van der Waals surface area (Å²) in [5, 5.41) is 0.623. The Morgan fingerprint density at radius 3 is 2.56 bits per heavy atom. The van der Waals surface area contributed by atoms with E-state index < -0.39 is 0 Å². The van der Waals surface area contributed by atoms with Gasteiger partial charge in [-0.3, -0.25) is 0 Å². The van der Waals surface area contributed by atoms with Crippen molar-refractivity contribution in [2.45, 2.75) is 0 Å². The summed E-state index contributed by atoms with van der Waals surface area (Å²) >= 11 is 5.52. The fourth-order valence-corrected chi connectivity index (χ4v) is 0.589. The highest BCUT2D eigenvalue weighted by atomic mass is 35.5. The first-order chi connectivity index (χ1) is 3.79. The monoisotopic (exact) mass is 164 g/mol. The molecule has 0 spiro atoms. The molecular weight excluding hydrogens is 159 g/mol. The van der Waals surface area contributed by atoms with Gasteiger partial charge in [0.25, 0.3) is 0 Å². The molecule has 0 radical (unpaired) electrons. The molecule has 0 bridgehead atoms. The highest BCUT2D eigenvalue weighted by Gasteiger charge is 1.84. The average molecular weight is 165 g/mol. The molecule has 1 aromatic heterocycles. The van der Waals surface area contributed by atoms with Crippen LogP contribution in [0.1, 0.15) is 0 Å². The van der Waals surface area contributed by atoms with Crippen molar-refractivity contribution in [3.05, 3.63) is 23.4 Å².